The number of sulfone groups is 1. The second-order valence-corrected chi connectivity index (χ2v) is 6.02. The third-order valence-corrected chi connectivity index (χ3v) is 3.72. The Kier molecular flexibility index (Phi) is 5.76. The maximum absolute atomic E-state index is 11.5. The highest BCUT2D eigenvalue weighted by Crippen LogP contribution is 2.01. The Morgan fingerprint density at radius 3 is 2.17 bits per heavy atom. The van der Waals surface area contributed by atoms with Crippen LogP contribution in [0.5, 0.6) is 0 Å². The fraction of sp³-hybridized carbons (Fsp3) is 0.667. The van der Waals surface area contributed by atoms with E-state index < -0.39 is 45.4 Å². The molecule has 0 rings (SSSR count). The van der Waals surface area contributed by atoms with Gasteiger partial charge in [-0.2, -0.15) is 0 Å². The zero-order valence-electron chi connectivity index (χ0n) is 10.2. The molecule has 0 saturated heterocycles. The van der Waals surface area contributed by atoms with Crippen LogP contribution >= 0.6 is 0 Å². The molecular weight excluding hydrogens is 266 g/mol. The molecule has 0 bridgehead atoms. The Hall–Kier alpha value is -1.64. The fourth-order valence-electron chi connectivity index (χ4n) is 0.934. The summed E-state index contributed by atoms with van der Waals surface area (Å²) in [6.07, 6.45) is 0.279. The average molecular weight is 281 g/mol. The molecule has 0 radical (unpaired) electrons. The van der Waals surface area contributed by atoms with Crippen molar-refractivity contribution in [3.63, 3.8) is 0 Å². The number of hydrogen-bond donors (Lipinski definition) is 2. The number of carbonyl (C=O) groups excluding carboxylic acids is 2. The van der Waals surface area contributed by atoms with Crippen molar-refractivity contribution in [3.8, 4) is 0 Å². The molecule has 0 fully saturated rings. The normalized spacial score (nSPS) is 14.4. The number of nitrogens with one attached hydrogen (secondary N) is 1. The van der Waals surface area contributed by atoms with E-state index in [4.69, 9.17) is 5.11 Å². The Balaban J connectivity index is 4.76. The molecule has 1 amide bonds. The Morgan fingerprint density at radius 1 is 1.33 bits per heavy atom. The number of hydrogen-bond acceptors (Lipinski definition) is 6. The van der Waals surface area contributed by atoms with Gasteiger partial charge in [-0.05, 0) is 6.92 Å². The van der Waals surface area contributed by atoms with Crippen LogP contribution in [-0.4, -0.2) is 56.0 Å². The van der Waals surface area contributed by atoms with Gasteiger partial charge in [-0.25, -0.2) is 13.2 Å². The lowest BCUT2D eigenvalue weighted by atomic mass is 10.2. The van der Waals surface area contributed by atoms with Gasteiger partial charge in [0.1, 0.15) is 11.3 Å². The number of methoxy groups -OCH3 is 1. The molecular formula is C9H15NO7S. The van der Waals surface area contributed by atoms with E-state index in [2.05, 4.69) is 4.74 Å². The van der Waals surface area contributed by atoms with Gasteiger partial charge in [-0.3, -0.25) is 9.59 Å². The van der Waals surface area contributed by atoms with Gasteiger partial charge in [-0.1, -0.05) is 0 Å². The first-order chi connectivity index (χ1) is 8.09. The van der Waals surface area contributed by atoms with Gasteiger partial charge in [-0.15, -0.1) is 0 Å². The quantitative estimate of drug-likeness (QED) is 0.570. The molecule has 18 heavy (non-hydrogen) atoms. The van der Waals surface area contributed by atoms with E-state index in [0.29, 0.717) is 0 Å². The molecule has 104 valence electrons. The van der Waals surface area contributed by atoms with E-state index in [9.17, 15) is 22.8 Å². The second-order valence-electron chi connectivity index (χ2n) is 3.65. The van der Waals surface area contributed by atoms with Crippen LogP contribution in [0, 0.1) is 0 Å². The van der Waals surface area contributed by atoms with Crippen LogP contribution < -0.4 is 5.32 Å². The van der Waals surface area contributed by atoms with Crippen LogP contribution in [0.2, 0.25) is 0 Å². The van der Waals surface area contributed by atoms with E-state index in [1.165, 1.54) is 0 Å². The summed E-state index contributed by atoms with van der Waals surface area (Å²) < 4.78 is 26.5. The van der Waals surface area contributed by atoms with Gasteiger partial charge in [0.2, 0.25) is 5.91 Å². The fourth-order valence-corrected chi connectivity index (χ4v) is 1.39. The van der Waals surface area contributed by atoms with Crippen LogP contribution in [-0.2, 0) is 29.0 Å². The molecule has 0 heterocycles. The molecule has 1 unspecified atom stereocenters. The van der Waals surface area contributed by atoms with Gasteiger partial charge in [0.15, 0.2) is 9.84 Å². The van der Waals surface area contributed by atoms with Crippen molar-refractivity contribution in [1.82, 2.24) is 5.32 Å². The van der Waals surface area contributed by atoms with Gasteiger partial charge in [0.25, 0.3) is 0 Å². The van der Waals surface area contributed by atoms with E-state index in [1.54, 1.807) is 0 Å². The molecule has 2 atom stereocenters. The van der Waals surface area contributed by atoms with Gasteiger partial charge in [0, 0.05) is 6.26 Å². The van der Waals surface area contributed by atoms with Crippen LogP contribution in [0.3, 0.4) is 0 Å². The lowest BCUT2D eigenvalue weighted by Gasteiger charge is -2.16. The van der Waals surface area contributed by atoms with E-state index in [0.717, 1.165) is 20.3 Å². The maximum Gasteiger partial charge on any atom is 0.326 e. The van der Waals surface area contributed by atoms with Crippen LogP contribution in [0.1, 0.15) is 13.3 Å². The summed E-state index contributed by atoms with van der Waals surface area (Å²) in [5.41, 5.74) is 0. The molecule has 0 aliphatic heterocycles. The number of aliphatic carboxylic acids is 1. The van der Waals surface area contributed by atoms with Gasteiger partial charge >= 0.3 is 11.9 Å². The summed E-state index contributed by atoms with van der Waals surface area (Å²) in [5.74, 6) is -3.25. The minimum absolute atomic E-state index is 0.575. The van der Waals surface area contributed by atoms with E-state index in [1.807, 2.05) is 5.32 Å². The summed E-state index contributed by atoms with van der Waals surface area (Å²) >= 11 is 0. The van der Waals surface area contributed by atoms with E-state index in [-0.39, 0.29) is 0 Å². The zero-order valence-corrected chi connectivity index (χ0v) is 11.0. The first-order valence-electron chi connectivity index (χ1n) is 4.88. The number of carboxylic acid groups (broad SMARTS) is 1. The largest absolute Gasteiger partial charge is 0.480 e. The minimum atomic E-state index is -3.63. The van der Waals surface area contributed by atoms with Crippen molar-refractivity contribution < 1.29 is 32.6 Å². The van der Waals surface area contributed by atoms with Crippen LogP contribution in [0.4, 0.5) is 0 Å². The lowest BCUT2D eigenvalue weighted by molar-refractivity contribution is -0.148. The standard InChI is InChI=1S/C9H15NO7S/c1-5(18(3,15)16)8(12)10-6(9(13)14)4-7(11)17-2/h5-6H,4H2,1-3H3,(H,10,12)(H,13,14)/t5?,6-/m0/s1. The molecule has 0 aliphatic carbocycles. The molecule has 0 spiro atoms. The monoisotopic (exact) mass is 281 g/mol. The third-order valence-electron chi connectivity index (χ3n) is 2.22. The van der Waals surface area contributed by atoms with Crippen LogP contribution in [0.15, 0.2) is 0 Å². The van der Waals surface area contributed by atoms with Crippen molar-refractivity contribution in [2.75, 3.05) is 13.4 Å². The molecule has 0 aromatic heterocycles. The van der Waals surface area contributed by atoms with Crippen molar-refractivity contribution in [2.45, 2.75) is 24.6 Å². The predicted molar refractivity (Wildman–Crippen MR) is 60.5 cm³/mol. The maximum atomic E-state index is 11.5. The Labute approximate surface area is 104 Å². The predicted octanol–water partition coefficient (Wildman–Crippen LogP) is -1.45. The number of carboxylic acids is 1. The SMILES string of the molecule is COC(=O)C[C@H](NC(=O)C(C)S(C)(=O)=O)C(=O)O. The summed E-state index contributed by atoms with van der Waals surface area (Å²) in [5, 5.41) is 9.36. The summed E-state index contributed by atoms with van der Waals surface area (Å²) in [7, 11) is -2.56. The lowest BCUT2D eigenvalue weighted by Crippen LogP contribution is -2.47. The Morgan fingerprint density at radius 2 is 1.83 bits per heavy atom. The molecule has 8 nitrogen and oxygen atoms in total. The number of rotatable bonds is 6. The second kappa shape index (κ2) is 6.34. The van der Waals surface area contributed by atoms with Crippen molar-refractivity contribution in [2.24, 2.45) is 0 Å². The minimum Gasteiger partial charge on any atom is -0.480 e. The summed E-state index contributed by atoms with van der Waals surface area (Å²) in [6, 6.07) is -1.52. The number of esters is 1. The van der Waals surface area contributed by atoms with E-state index >= 15 is 0 Å². The number of amides is 1. The summed E-state index contributed by atoms with van der Waals surface area (Å²) in [4.78, 5) is 33.2. The first kappa shape index (κ1) is 16.4. The van der Waals surface area contributed by atoms with Gasteiger partial charge in [0.05, 0.1) is 13.5 Å². The number of ether oxygens (including phenoxy) is 1. The average Bonchev–Trinajstić information content (AvgIpc) is 2.25. The molecule has 0 aromatic carbocycles. The molecule has 0 saturated carbocycles. The molecule has 0 aromatic rings. The molecule has 2 N–H and O–H groups in total. The zero-order chi connectivity index (χ0) is 14.5. The van der Waals surface area contributed by atoms with Gasteiger partial charge < -0.3 is 15.2 Å². The number of carbonyl (C=O) groups is 3. The van der Waals surface area contributed by atoms with Crippen molar-refractivity contribution >= 4 is 27.7 Å². The molecule has 0 aliphatic rings. The third kappa shape index (κ3) is 5.13. The Bertz CT molecular complexity index is 442. The van der Waals surface area contributed by atoms with Crippen molar-refractivity contribution in [1.29, 1.82) is 0 Å². The summed E-state index contributed by atoms with van der Waals surface area (Å²) in [6.45, 7) is 1.13. The van der Waals surface area contributed by atoms with Crippen LogP contribution in [0.25, 0.3) is 0 Å². The highest BCUT2D eigenvalue weighted by molar-refractivity contribution is 7.92. The highest BCUT2D eigenvalue weighted by Gasteiger charge is 2.29. The topological polar surface area (TPSA) is 127 Å². The smallest absolute Gasteiger partial charge is 0.326 e. The molecule has 9 heteroatoms. The highest BCUT2D eigenvalue weighted by atomic mass is 32.2. The first-order valence-corrected chi connectivity index (χ1v) is 6.84. The van der Waals surface area contributed by atoms with Crippen molar-refractivity contribution in [3.05, 3.63) is 0 Å².